The summed E-state index contributed by atoms with van der Waals surface area (Å²) >= 11 is 3.26. The van der Waals surface area contributed by atoms with Gasteiger partial charge >= 0.3 is 0 Å². The number of halogens is 1. The summed E-state index contributed by atoms with van der Waals surface area (Å²) in [6, 6.07) is 14.9. The second-order valence-electron chi connectivity index (χ2n) is 5.30. The van der Waals surface area contributed by atoms with Gasteiger partial charge in [0.15, 0.2) is 0 Å². The van der Waals surface area contributed by atoms with Gasteiger partial charge in [-0.15, -0.1) is 0 Å². The van der Waals surface area contributed by atoms with Crippen LogP contribution in [-0.4, -0.2) is 14.7 Å². The molecule has 3 rings (SSSR count). The molecule has 0 fully saturated rings. The van der Waals surface area contributed by atoms with E-state index in [1.165, 1.54) is 6.07 Å². The number of nitrogens with zero attached hydrogens (tertiary/aromatic N) is 3. The fraction of sp³-hybridized carbons (Fsp3) is 0.118. The molecule has 0 aliphatic heterocycles. The zero-order valence-corrected chi connectivity index (χ0v) is 14.3. The van der Waals surface area contributed by atoms with E-state index in [1.807, 2.05) is 35.1 Å². The monoisotopic (exact) mass is 386 g/mol. The molecule has 1 N–H and O–H groups in total. The molecule has 0 aliphatic carbocycles. The van der Waals surface area contributed by atoms with Crippen molar-refractivity contribution in [3.05, 3.63) is 86.6 Å². The quantitative estimate of drug-likeness (QED) is 0.508. The first-order chi connectivity index (χ1) is 11.6. The molecular weight excluding hydrogens is 372 g/mol. The highest BCUT2D eigenvalue weighted by Gasteiger charge is 2.13. The average molecular weight is 387 g/mol. The highest BCUT2D eigenvalue weighted by atomic mass is 79.9. The van der Waals surface area contributed by atoms with Gasteiger partial charge in [0.1, 0.15) is 5.69 Å². The maximum atomic E-state index is 11.2. The minimum absolute atomic E-state index is 0.0528. The largest absolute Gasteiger partial charge is 0.375 e. The van der Waals surface area contributed by atoms with E-state index < -0.39 is 0 Å². The van der Waals surface area contributed by atoms with Crippen LogP contribution in [0.2, 0.25) is 0 Å². The summed E-state index contributed by atoms with van der Waals surface area (Å²) < 4.78 is 2.53. The number of benzene rings is 2. The first kappa shape index (κ1) is 16.2. The standard InChI is InChI=1S/C17H15BrN4O2/c18-15-5-6-16(17(10-15)22(23)24)19-11-13-3-1-4-14(9-13)12-21-8-2-7-20-21/h1-10,19H,11-12H2. The van der Waals surface area contributed by atoms with Crippen LogP contribution in [0.25, 0.3) is 0 Å². The number of nitrogens with one attached hydrogen (secondary N) is 1. The van der Waals surface area contributed by atoms with Crippen LogP contribution in [0.5, 0.6) is 0 Å². The molecule has 0 spiro atoms. The third-order valence-corrected chi connectivity index (χ3v) is 4.03. The van der Waals surface area contributed by atoms with Crippen molar-refractivity contribution in [2.45, 2.75) is 13.1 Å². The van der Waals surface area contributed by atoms with E-state index in [0.29, 0.717) is 23.2 Å². The summed E-state index contributed by atoms with van der Waals surface area (Å²) in [6.45, 7) is 1.20. The Balaban J connectivity index is 1.72. The maximum Gasteiger partial charge on any atom is 0.293 e. The van der Waals surface area contributed by atoms with Crippen molar-refractivity contribution in [1.29, 1.82) is 0 Å². The van der Waals surface area contributed by atoms with Gasteiger partial charge in [0.2, 0.25) is 0 Å². The summed E-state index contributed by atoms with van der Waals surface area (Å²) in [7, 11) is 0. The fourth-order valence-electron chi connectivity index (χ4n) is 2.42. The summed E-state index contributed by atoms with van der Waals surface area (Å²) in [5.41, 5.74) is 2.73. The second kappa shape index (κ2) is 7.27. The summed E-state index contributed by atoms with van der Waals surface area (Å²) in [5, 5.41) is 18.5. The maximum absolute atomic E-state index is 11.2. The van der Waals surface area contributed by atoms with Crippen LogP contribution >= 0.6 is 15.9 Å². The van der Waals surface area contributed by atoms with Crippen molar-refractivity contribution >= 4 is 27.3 Å². The van der Waals surface area contributed by atoms with Gasteiger partial charge in [-0.2, -0.15) is 5.10 Å². The predicted octanol–water partition coefficient (Wildman–Crippen LogP) is 4.21. The van der Waals surface area contributed by atoms with Crippen LogP contribution in [0.4, 0.5) is 11.4 Å². The van der Waals surface area contributed by atoms with Crippen LogP contribution in [0.1, 0.15) is 11.1 Å². The van der Waals surface area contributed by atoms with Gasteiger partial charge < -0.3 is 5.32 Å². The van der Waals surface area contributed by atoms with E-state index in [-0.39, 0.29) is 10.6 Å². The smallest absolute Gasteiger partial charge is 0.293 e. The minimum Gasteiger partial charge on any atom is -0.375 e. The highest BCUT2D eigenvalue weighted by molar-refractivity contribution is 9.10. The molecule has 24 heavy (non-hydrogen) atoms. The van der Waals surface area contributed by atoms with Crippen LogP contribution in [-0.2, 0) is 13.1 Å². The topological polar surface area (TPSA) is 73.0 Å². The molecule has 122 valence electrons. The molecule has 1 aromatic heterocycles. The second-order valence-corrected chi connectivity index (χ2v) is 6.21. The van der Waals surface area contributed by atoms with Crippen LogP contribution in [0, 0.1) is 10.1 Å². The van der Waals surface area contributed by atoms with Gasteiger partial charge in [0.05, 0.1) is 11.5 Å². The van der Waals surface area contributed by atoms with Gasteiger partial charge in [-0.3, -0.25) is 14.8 Å². The Morgan fingerprint density at radius 1 is 1.17 bits per heavy atom. The summed E-state index contributed by atoms with van der Waals surface area (Å²) in [4.78, 5) is 10.8. The normalized spacial score (nSPS) is 10.5. The molecule has 0 saturated carbocycles. The van der Waals surface area contributed by atoms with Crippen molar-refractivity contribution in [2.24, 2.45) is 0 Å². The van der Waals surface area contributed by atoms with Crippen molar-refractivity contribution in [1.82, 2.24) is 9.78 Å². The molecule has 0 aliphatic rings. The SMILES string of the molecule is O=[N+]([O-])c1cc(Br)ccc1NCc1cccc(Cn2cccn2)c1. The van der Waals surface area contributed by atoms with Crippen LogP contribution in [0.15, 0.2) is 65.4 Å². The van der Waals surface area contributed by atoms with E-state index in [0.717, 1.165) is 11.1 Å². The molecule has 0 radical (unpaired) electrons. The summed E-state index contributed by atoms with van der Waals surface area (Å²) in [5.74, 6) is 0. The highest BCUT2D eigenvalue weighted by Crippen LogP contribution is 2.28. The molecule has 1 heterocycles. The van der Waals surface area contributed by atoms with Gasteiger partial charge in [-0.1, -0.05) is 40.2 Å². The number of hydrogen-bond acceptors (Lipinski definition) is 4. The molecule has 0 bridgehead atoms. The lowest BCUT2D eigenvalue weighted by Gasteiger charge is -2.09. The molecule has 0 amide bonds. The van der Waals surface area contributed by atoms with Gasteiger partial charge in [0, 0.05) is 29.5 Å². The molecule has 3 aromatic rings. The zero-order chi connectivity index (χ0) is 16.9. The number of rotatable bonds is 6. The summed E-state index contributed by atoms with van der Waals surface area (Å²) in [6.07, 6.45) is 3.66. The first-order valence-electron chi connectivity index (χ1n) is 7.35. The lowest BCUT2D eigenvalue weighted by Crippen LogP contribution is -2.04. The third kappa shape index (κ3) is 3.99. The lowest BCUT2D eigenvalue weighted by atomic mass is 10.1. The Labute approximate surface area is 147 Å². The lowest BCUT2D eigenvalue weighted by molar-refractivity contribution is -0.384. The first-order valence-corrected chi connectivity index (χ1v) is 8.14. The number of nitro benzene ring substituents is 1. The fourth-order valence-corrected chi connectivity index (χ4v) is 2.77. The average Bonchev–Trinajstić information content (AvgIpc) is 3.07. The van der Waals surface area contributed by atoms with Gasteiger partial charge in [0.25, 0.3) is 5.69 Å². The van der Waals surface area contributed by atoms with Crippen molar-refractivity contribution < 1.29 is 4.92 Å². The zero-order valence-electron chi connectivity index (χ0n) is 12.7. The van der Waals surface area contributed by atoms with Crippen LogP contribution < -0.4 is 5.32 Å². The van der Waals surface area contributed by atoms with E-state index >= 15 is 0 Å². The molecule has 0 atom stereocenters. The Hall–Kier alpha value is -2.67. The van der Waals surface area contributed by atoms with Gasteiger partial charge in [-0.05, 0) is 29.3 Å². The molecule has 0 saturated heterocycles. The van der Waals surface area contributed by atoms with Crippen molar-refractivity contribution in [3.63, 3.8) is 0 Å². The van der Waals surface area contributed by atoms with E-state index in [9.17, 15) is 10.1 Å². The number of anilines is 1. The molecule has 0 unspecified atom stereocenters. The third-order valence-electron chi connectivity index (χ3n) is 3.53. The van der Waals surface area contributed by atoms with Crippen LogP contribution in [0.3, 0.4) is 0 Å². The van der Waals surface area contributed by atoms with Crippen molar-refractivity contribution in [2.75, 3.05) is 5.32 Å². The van der Waals surface area contributed by atoms with Gasteiger partial charge in [-0.25, -0.2) is 0 Å². The van der Waals surface area contributed by atoms with E-state index in [1.54, 1.807) is 18.3 Å². The number of hydrogen-bond donors (Lipinski definition) is 1. The predicted molar refractivity (Wildman–Crippen MR) is 95.9 cm³/mol. The van der Waals surface area contributed by atoms with Crippen molar-refractivity contribution in [3.8, 4) is 0 Å². The number of aromatic nitrogens is 2. The Morgan fingerprint density at radius 2 is 2.00 bits per heavy atom. The molecule has 6 nitrogen and oxygen atoms in total. The van der Waals surface area contributed by atoms with E-state index in [4.69, 9.17) is 0 Å². The van der Waals surface area contributed by atoms with E-state index in [2.05, 4.69) is 32.4 Å². The molecular formula is C17H15BrN4O2. The Kier molecular flexibility index (Phi) is 4.90. The molecule has 2 aromatic carbocycles. The molecule has 7 heteroatoms. The Bertz CT molecular complexity index is 850. The Morgan fingerprint density at radius 3 is 2.75 bits per heavy atom. The number of nitro groups is 1. The minimum atomic E-state index is -0.388.